The van der Waals surface area contributed by atoms with Gasteiger partial charge < -0.3 is 4.90 Å². The molecule has 3 rings (SSSR count). The highest BCUT2D eigenvalue weighted by molar-refractivity contribution is 7.15. The Balaban J connectivity index is 1.99. The molecule has 0 bridgehead atoms. The SMILES string of the molecule is CCC1CCCCN1C(=O)c1cnc2sccn2c1=O. The Hall–Kier alpha value is -1.69. The van der Waals surface area contributed by atoms with Crippen LogP contribution in [0.3, 0.4) is 0 Å². The fourth-order valence-electron chi connectivity index (χ4n) is 2.82. The van der Waals surface area contributed by atoms with Gasteiger partial charge in [0.25, 0.3) is 11.5 Å². The molecule has 0 N–H and O–H groups in total. The van der Waals surface area contributed by atoms with Crippen LogP contribution in [-0.4, -0.2) is 32.8 Å². The largest absolute Gasteiger partial charge is 0.335 e. The number of rotatable bonds is 2. The van der Waals surface area contributed by atoms with Crippen LogP contribution in [0.1, 0.15) is 43.0 Å². The van der Waals surface area contributed by atoms with E-state index in [1.54, 1.807) is 11.6 Å². The predicted octanol–water partition coefficient (Wildman–Crippen LogP) is 2.16. The maximum atomic E-state index is 12.6. The number of hydrogen-bond acceptors (Lipinski definition) is 4. The summed E-state index contributed by atoms with van der Waals surface area (Å²) in [6, 6.07) is 0.249. The van der Waals surface area contributed by atoms with E-state index in [4.69, 9.17) is 0 Å². The van der Waals surface area contributed by atoms with Gasteiger partial charge in [-0.15, -0.1) is 11.3 Å². The van der Waals surface area contributed by atoms with E-state index in [1.807, 2.05) is 4.90 Å². The van der Waals surface area contributed by atoms with Crippen molar-refractivity contribution in [2.24, 2.45) is 0 Å². The van der Waals surface area contributed by atoms with Crippen LogP contribution in [-0.2, 0) is 0 Å². The molecule has 1 atom stereocenters. The molecule has 2 aromatic rings. The van der Waals surface area contributed by atoms with Crippen molar-refractivity contribution in [3.63, 3.8) is 0 Å². The summed E-state index contributed by atoms with van der Waals surface area (Å²) in [5, 5.41) is 1.80. The normalized spacial score (nSPS) is 19.4. The average molecular weight is 291 g/mol. The molecule has 20 heavy (non-hydrogen) atoms. The topological polar surface area (TPSA) is 54.7 Å². The zero-order valence-corrected chi connectivity index (χ0v) is 12.2. The van der Waals surface area contributed by atoms with Crippen LogP contribution in [0.2, 0.25) is 0 Å². The van der Waals surface area contributed by atoms with Gasteiger partial charge in [0.2, 0.25) is 0 Å². The van der Waals surface area contributed by atoms with Crippen molar-refractivity contribution in [2.75, 3.05) is 6.54 Å². The lowest BCUT2D eigenvalue weighted by Crippen LogP contribution is -2.45. The third-order valence-corrected chi connectivity index (χ3v) is 4.70. The van der Waals surface area contributed by atoms with Crippen LogP contribution in [0.25, 0.3) is 4.96 Å². The van der Waals surface area contributed by atoms with Gasteiger partial charge in [-0.3, -0.25) is 14.0 Å². The first-order valence-electron chi connectivity index (χ1n) is 6.98. The Morgan fingerprint density at radius 3 is 3.15 bits per heavy atom. The molecule has 1 amide bonds. The molecule has 1 aliphatic heterocycles. The Morgan fingerprint density at radius 2 is 2.35 bits per heavy atom. The highest BCUT2D eigenvalue weighted by atomic mass is 32.1. The van der Waals surface area contributed by atoms with Crippen molar-refractivity contribution in [1.82, 2.24) is 14.3 Å². The summed E-state index contributed by atoms with van der Waals surface area (Å²) < 4.78 is 1.45. The Morgan fingerprint density at radius 1 is 1.50 bits per heavy atom. The molecule has 1 fully saturated rings. The molecule has 1 saturated heterocycles. The number of likely N-dealkylation sites (tertiary alicyclic amines) is 1. The number of nitrogens with zero attached hydrogens (tertiary/aromatic N) is 3. The van der Waals surface area contributed by atoms with Crippen LogP contribution in [0.4, 0.5) is 0 Å². The van der Waals surface area contributed by atoms with Gasteiger partial charge in [-0.2, -0.15) is 0 Å². The third-order valence-electron chi connectivity index (χ3n) is 3.93. The molecular weight excluding hydrogens is 274 g/mol. The van der Waals surface area contributed by atoms with E-state index in [1.165, 1.54) is 21.9 Å². The standard InChI is InChI=1S/C14H17N3O2S/c1-2-10-5-3-4-6-16(10)12(18)11-9-15-14-17(13(11)19)7-8-20-14/h7-10H,2-6H2,1H3. The molecule has 5 nitrogen and oxygen atoms in total. The lowest BCUT2D eigenvalue weighted by molar-refractivity contribution is 0.0605. The maximum Gasteiger partial charge on any atom is 0.271 e. The lowest BCUT2D eigenvalue weighted by atomic mass is 9.99. The van der Waals surface area contributed by atoms with Crippen molar-refractivity contribution in [2.45, 2.75) is 38.6 Å². The molecule has 1 unspecified atom stereocenters. The molecule has 6 heteroatoms. The molecule has 106 valence electrons. The number of thiazole rings is 1. The zero-order chi connectivity index (χ0) is 14.1. The fourth-order valence-corrected chi connectivity index (χ4v) is 3.49. The Bertz CT molecular complexity index is 691. The molecule has 0 aliphatic carbocycles. The van der Waals surface area contributed by atoms with Gasteiger partial charge in [0.05, 0.1) is 0 Å². The second-order valence-corrected chi connectivity index (χ2v) is 5.96. The van der Waals surface area contributed by atoms with Gasteiger partial charge >= 0.3 is 0 Å². The summed E-state index contributed by atoms with van der Waals surface area (Å²) in [5.74, 6) is -0.172. The van der Waals surface area contributed by atoms with Crippen molar-refractivity contribution in [1.29, 1.82) is 0 Å². The van der Waals surface area contributed by atoms with E-state index in [9.17, 15) is 9.59 Å². The number of hydrogen-bond donors (Lipinski definition) is 0. The summed E-state index contributed by atoms with van der Waals surface area (Å²) in [6.45, 7) is 2.83. The molecule has 0 radical (unpaired) electrons. The summed E-state index contributed by atoms with van der Waals surface area (Å²) in [6.07, 6.45) is 7.22. The molecule has 2 aromatic heterocycles. The first-order valence-corrected chi connectivity index (χ1v) is 7.86. The van der Waals surface area contributed by atoms with Gasteiger partial charge in [0.1, 0.15) is 5.56 Å². The quantitative estimate of drug-likeness (QED) is 0.852. The van der Waals surface area contributed by atoms with Gasteiger partial charge in [0.15, 0.2) is 4.96 Å². The van der Waals surface area contributed by atoms with Crippen LogP contribution >= 0.6 is 11.3 Å². The first-order chi connectivity index (χ1) is 9.72. The highest BCUT2D eigenvalue weighted by Gasteiger charge is 2.28. The van der Waals surface area contributed by atoms with Gasteiger partial charge in [-0.25, -0.2) is 4.98 Å². The summed E-state index contributed by atoms with van der Waals surface area (Å²) in [4.78, 5) is 31.7. The Labute approximate surface area is 120 Å². The van der Waals surface area contributed by atoms with E-state index in [0.29, 0.717) is 4.96 Å². The van der Waals surface area contributed by atoms with Crippen LogP contribution in [0.15, 0.2) is 22.6 Å². The van der Waals surface area contributed by atoms with Crippen molar-refractivity contribution >= 4 is 22.2 Å². The average Bonchev–Trinajstić information content (AvgIpc) is 2.96. The van der Waals surface area contributed by atoms with E-state index in [0.717, 1.165) is 32.2 Å². The number of piperidine rings is 1. The molecule has 0 aromatic carbocycles. The number of aromatic nitrogens is 2. The maximum absolute atomic E-state index is 12.6. The fraction of sp³-hybridized carbons (Fsp3) is 0.500. The minimum Gasteiger partial charge on any atom is -0.335 e. The second-order valence-electron chi connectivity index (χ2n) is 5.09. The minimum absolute atomic E-state index is 0.172. The van der Waals surface area contributed by atoms with Crippen LogP contribution < -0.4 is 5.56 Å². The Kier molecular flexibility index (Phi) is 3.56. The molecule has 1 aliphatic rings. The summed E-state index contributed by atoms with van der Waals surface area (Å²) in [5.41, 5.74) is -0.0806. The zero-order valence-electron chi connectivity index (χ0n) is 11.4. The second kappa shape index (κ2) is 5.36. The molecule has 0 spiro atoms. The van der Waals surface area contributed by atoms with Crippen molar-refractivity contribution in [3.8, 4) is 0 Å². The number of carbonyl (C=O) groups is 1. The van der Waals surface area contributed by atoms with E-state index < -0.39 is 0 Å². The first kappa shape index (κ1) is 13.3. The van der Waals surface area contributed by atoms with Crippen molar-refractivity contribution < 1.29 is 4.79 Å². The summed E-state index contributed by atoms with van der Waals surface area (Å²) in [7, 11) is 0. The smallest absolute Gasteiger partial charge is 0.271 e. The third kappa shape index (κ3) is 2.14. The van der Waals surface area contributed by atoms with Gasteiger partial charge in [0, 0.05) is 30.4 Å². The van der Waals surface area contributed by atoms with Gasteiger partial charge in [-0.05, 0) is 25.7 Å². The number of amides is 1. The lowest BCUT2D eigenvalue weighted by Gasteiger charge is -2.35. The molecular formula is C14H17N3O2S. The predicted molar refractivity (Wildman–Crippen MR) is 78.3 cm³/mol. The molecule has 3 heterocycles. The molecule has 0 saturated carbocycles. The van der Waals surface area contributed by atoms with Crippen molar-refractivity contribution in [3.05, 3.63) is 33.7 Å². The monoisotopic (exact) mass is 291 g/mol. The van der Waals surface area contributed by atoms with E-state index in [-0.39, 0.29) is 23.1 Å². The summed E-state index contributed by atoms with van der Waals surface area (Å²) >= 11 is 1.39. The number of carbonyl (C=O) groups excluding carboxylic acids is 1. The van der Waals surface area contributed by atoms with Crippen LogP contribution in [0.5, 0.6) is 0 Å². The van der Waals surface area contributed by atoms with Gasteiger partial charge in [-0.1, -0.05) is 6.92 Å². The van der Waals surface area contributed by atoms with E-state index in [2.05, 4.69) is 11.9 Å². The van der Waals surface area contributed by atoms with Crippen LogP contribution in [0, 0.1) is 0 Å². The van der Waals surface area contributed by atoms with E-state index >= 15 is 0 Å². The minimum atomic E-state index is -0.262. The number of fused-ring (bicyclic) bond motifs is 1. The highest BCUT2D eigenvalue weighted by Crippen LogP contribution is 2.21.